The first-order chi connectivity index (χ1) is 8.28. The third kappa shape index (κ3) is 4.07. The Kier molecular flexibility index (Phi) is 5.37. The summed E-state index contributed by atoms with van der Waals surface area (Å²) >= 11 is 1.71. The van der Waals surface area contributed by atoms with Crippen LogP contribution in [0.1, 0.15) is 45.0 Å². The van der Waals surface area contributed by atoms with Crippen LogP contribution in [0.25, 0.3) is 0 Å². The zero-order valence-corrected chi connectivity index (χ0v) is 13.2. The van der Waals surface area contributed by atoms with Gasteiger partial charge in [0, 0.05) is 17.5 Å². The molecule has 1 unspecified atom stereocenters. The fraction of sp³-hybridized carbons (Fsp3) is 0.692. The molecule has 1 aromatic rings. The molecule has 104 valence electrons. The highest BCUT2D eigenvalue weighted by molar-refractivity contribution is 7.92. The van der Waals surface area contributed by atoms with Gasteiger partial charge in [-0.1, -0.05) is 13.0 Å². The van der Waals surface area contributed by atoms with E-state index in [-0.39, 0.29) is 11.8 Å². The van der Waals surface area contributed by atoms with Gasteiger partial charge in [0.05, 0.1) is 10.5 Å². The zero-order chi connectivity index (χ0) is 13.8. The molecular weight excluding hydrogens is 266 g/mol. The molecule has 1 aromatic heterocycles. The molecule has 0 aliphatic heterocycles. The molecule has 0 saturated carbocycles. The van der Waals surface area contributed by atoms with Crippen molar-refractivity contribution in [2.24, 2.45) is 0 Å². The summed E-state index contributed by atoms with van der Waals surface area (Å²) in [6.07, 6.45) is 0.968. The Morgan fingerprint density at radius 1 is 1.39 bits per heavy atom. The van der Waals surface area contributed by atoms with Gasteiger partial charge < -0.3 is 5.32 Å². The number of thiophene rings is 1. The lowest BCUT2D eigenvalue weighted by Crippen LogP contribution is -2.35. The van der Waals surface area contributed by atoms with Crippen LogP contribution in [-0.4, -0.2) is 25.5 Å². The summed E-state index contributed by atoms with van der Waals surface area (Å²) in [6, 6.07) is 4.38. The Labute approximate surface area is 115 Å². The standard InChI is InChI=1S/C13H23NO2S2/c1-5-11(12-7-6-9-17-12)14-8-10-18(15,16)13(2,3)4/h6-7,9,11,14H,5,8,10H2,1-4H3. The molecule has 1 atom stereocenters. The monoisotopic (exact) mass is 289 g/mol. The van der Waals surface area contributed by atoms with E-state index < -0.39 is 14.6 Å². The Balaban J connectivity index is 2.51. The highest BCUT2D eigenvalue weighted by Gasteiger charge is 2.28. The summed E-state index contributed by atoms with van der Waals surface area (Å²) in [4.78, 5) is 1.27. The second kappa shape index (κ2) is 6.17. The largest absolute Gasteiger partial charge is 0.308 e. The van der Waals surface area contributed by atoms with Gasteiger partial charge in [-0.15, -0.1) is 11.3 Å². The van der Waals surface area contributed by atoms with Crippen LogP contribution >= 0.6 is 11.3 Å². The molecule has 5 heteroatoms. The second-order valence-electron chi connectivity index (χ2n) is 5.36. The first-order valence-electron chi connectivity index (χ1n) is 6.27. The van der Waals surface area contributed by atoms with Gasteiger partial charge in [0.2, 0.25) is 0 Å². The van der Waals surface area contributed by atoms with Crippen molar-refractivity contribution >= 4 is 21.2 Å². The second-order valence-corrected chi connectivity index (χ2v) is 9.20. The first-order valence-corrected chi connectivity index (χ1v) is 8.80. The topological polar surface area (TPSA) is 46.2 Å². The Bertz CT molecular complexity index is 444. The molecule has 0 saturated heterocycles. The van der Waals surface area contributed by atoms with Crippen LogP contribution in [0, 0.1) is 0 Å². The first kappa shape index (κ1) is 15.7. The third-order valence-corrected chi connectivity index (χ3v) is 6.58. The van der Waals surface area contributed by atoms with E-state index in [1.807, 2.05) is 11.4 Å². The van der Waals surface area contributed by atoms with Crippen molar-refractivity contribution in [1.82, 2.24) is 5.32 Å². The highest BCUT2D eigenvalue weighted by atomic mass is 32.2. The lowest BCUT2D eigenvalue weighted by atomic mass is 10.2. The Hall–Kier alpha value is -0.390. The zero-order valence-electron chi connectivity index (χ0n) is 11.6. The van der Waals surface area contributed by atoms with Gasteiger partial charge in [-0.2, -0.15) is 0 Å². The highest BCUT2D eigenvalue weighted by Crippen LogP contribution is 2.22. The molecule has 0 amide bonds. The summed E-state index contributed by atoms with van der Waals surface area (Å²) in [5.74, 6) is 0.193. The van der Waals surface area contributed by atoms with Gasteiger partial charge >= 0.3 is 0 Å². The molecule has 0 radical (unpaired) electrons. The van der Waals surface area contributed by atoms with Crippen LogP contribution in [-0.2, 0) is 9.84 Å². The molecule has 1 heterocycles. The molecule has 0 fully saturated rings. The van der Waals surface area contributed by atoms with Crippen LogP contribution in [0.2, 0.25) is 0 Å². The minimum Gasteiger partial charge on any atom is -0.308 e. The van der Waals surface area contributed by atoms with Gasteiger partial charge in [0.1, 0.15) is 0 Å². The van der Waals surface area contributed by atoms with Crippen molar-refractivity contribution < 1.29 is 8.42 Å². The van der Waals surface area contributed by atoms with E-state index in [9.17, 15) is 8.42 Å². The molecule has 0 aliphatic rings. The minimum absolute atomic E-state index is 0.193. The molecule has 1 rings (SSSR count). The number of rotatable bonds is 6. The number of sulfone groups is 1. The van der Waals surface area contributed by atoms with Crippen LogP contribution in [0.5, 0.6) is 0 Å². The molecule has 3 nitrogen and oxygen atoms in total. The normalized spacial score (nSPS) is 14.7. The summed E-state index contributed by atoms with van der Waals surface area (Å²) in [5.41, 5.74) is 0. The number of hydrogen-bond acceptors (Lipinski definition) is 4. The SMILES string of the molecule is CCC(NCCS(=O)(=O)C(C)(C)C)c1cccs1. The van der Waals surface area contributed by atoms with E-state index in [4.69, 9.17) is 0 Å². The maximum Gasteiger partial charge on any atom is 0.156 e. The smallest absolute Gasteiger partial charge is 0.156 e. The average molecular weight is 289 g/mol. The van der Waals surface area contributed by atoms with E-state index in [0.29, 0.717) is 6.54 Å². The van der Waals surface area contributed by atoms with Crippen molar-refractivity contribution in [3.05, 3.63) is 22.4 Å². The summed E-state index contributed by atoms with van der Waals surface area (Å²) in [6.45, 7) is 7.86. The Morgan fingerprint density at radius 3 is 2.50 bits per heavy atom. The van der Waals surface area contributed by atoms with Gasteiger partial charge in [-0.25, -0.2) is 8.42 Å². The van der Waals surface area contributed by atoms with Crippen LogP contribution in [0.15, 0.2) is 17.5 Å². The molecule has 0 aliphatic carbocycles. The van der Waals surface area contributed by atoms with Crippen molar-refractivity contribution in [2.75, 3.05) is 12.3 Å². The number of hydrogen-bond donors (Lipinski definition) is 1. The van der Waals surface area contributed by atoms with Crippen molar-refractivity contribution in [2.45, 2.75) is 44.9 Å². The predicted molar refractivity (Wildman–Crippen MR) is 78.9 cm³/mol. The quantitative estimate of drug-likeness (QED) is 0.875. The molecular formula is C13H23NO2S2. The Morgan fingerprint density at radius 2 is 2.06 bits per heavy atom. The minimum atomic E-state index is -3.03. The van der Waals surface area contributed by atoms with E-state index in [2.05, 4.69) is 18.3 Å². The van der Waals surface area contributed by atoms with Gasteiger partial charge in [0.25, 0.3) is 0 Å². The van der Waals surface area contributed by atoms with E-state index >= 15 is 0 Å². The third-order valence-electron chi connectivity index (χ3n) is 2.99. The maximum atomic E-state index is 12.0. The molecule has 18 heavy (non-hydrogen) atoms. The van der Waals surface area contributed by atoms with Gasteiger partial charge in [0.15, 0.2) is 9.84 Å². The van der Waals surface area contributed by atoms with E-state index in [1.54, 1.807) is 32.1 Å². The van der Waals surface area contributed by atoms with Crippen LogP contribution < -0.4 is 5.32 Å². The van der Waals surface area contributed by atoms with Gasteiger partial charge in [-0.3, -0.25) is 0 Å². The average Bonchev–Trinajstić information content (AvgIpc) is 2.76. The summed E-state index contributed by atoms with van der Waals surface area (Å²) in [5, 5.41) is 5.38. The fourth-order valence-corrected chi connectivity index (χ4v) is 3.49. The van der Waals surface area contributed by atoms with Gasteiger partial charge in [-0.05, 0) is 38.6 Å². The molecule has 0 spiro atoms. The van der Waals surface area contributed by atoms with Crippen LogP contribution in [0.4, 0.5) is 0 Å². The molecule has 0 aromatic carbocycles. The van der Waals surface area contributed by atoms with E-state index in [0.717, 1.165) is 6.42 Å². The maximum absolute atomic E-state index is 12.0. The van der Waals surface area contributed by atoms with Crippen molar-refractivity contribution in [3.63, 3.8) is 0 Å². The summed E-state index contributed by atoms with van der Waals surface area (Å²) < 4.78 is 23.3. The van der Waals surface area contributed by atoms with Crippen molar-refractivity contribution in [3.8, 4) is 0 Å². The van der Waals surface area contributed by atoms with E-state index in [1.165, 1.54) is 4.88 Å². The lowest BCUT2D eigenvalue weighted by Gasteiger charge is -2.21. The summed E-state index contributed by atoms with van der Waals surface area (Å²) in [7, 11) is -3.03. The predicted octanol–water partition coefficient (Wildman–Crippen LogP) is 3.00. The molecule has 0 bridgehead atoms. The fourth-order valence-electron chi connectivity index (χ4n) is 1.61. The molecule has 1 N–H and O–H groups in total. The van der Waals surface area contributed by atoms with Crippen LogP contribution in [0.3, 0.4) is 0 Å². The van der Waals surface area contributed by atoms with Crippen molar-refractivity contribution in [1.29, 1.82) is 0 Å². The number of nitrogens with one attached hydrogen (secondary N) is 1. The lowest BCUT2D eigenvalue weighted by molar-refractivity contribution is 0.528.